The van der Waals surface area contributed by atoms with Crippen molar-refractivity contribution in [3.63, 3.8) is 0 Å². The highest BCUT2D eigenvalue weighted by atomic mass is 35.5. The first-order valence-electron chi connectivity index (χ1n) is 6.50. The molecule has 7 heteroatoms. The maximum Gasteiger partial charge on any atom is 0.246 e. The summed E-state index contributed by atoms with van der Waals surface area (Å²) in [5.41, 5.74) is 5.92. The van der Waals surface area contributed by atoms with Gasteiger partial charge in [-0.25, -0.2) is 8.42 Å². The molecular formula is C13H18Cl2N2O2S. The Hall–Kier alpha value is -0.490. The largest absolute Gasteiger partial charge is 0.398 e. The number of nitrogens with zero attached hydrogens (tertiary/aromatic N) is 1. The average Bonchev–Trinajstić information content (AvgIpc) is 3.06. The summed E-state index contributed by atoms with van der Waals surface area (Å²) in [5, 5.41) is 0.401. The van der Waals surface area contributed by atoms with Gasteiger partial charge in [-0.1, -0.05) is 37.0 Å². The first kappa shape index (κ1) is 15.9. The van der Waals surface area contributed by atoms with Crippen molar-refractivity contribution < 1.29 is 8.42 Å². The molecule has 0 amide bonds. The number of nitrogen functional groups attached to an aromatic ring is 1. The van der Waals surface area contributed by atoms with Crippen molar-refractivity contribution in [3.05, 3.63) is 22.2 Å². The zero-order chi connectivity index (χ0) is 15.1. The molecule has 1 aromatic rings. The van der Waals surface area contributed by atoms with Crippen LogP contribution in [0.3, 0.4) is 0 Å². The minimum Gasteiger partial charge on any atom is -0.398 e. The molecule has 2 N–H and O–H groups in total. The predicted octanol–water partition coefficient (Wildman–Crippen LogP) is 3.38. The lowest BCUT2D eigenvalue weighted by molar-refractivity contribution is 0.360. The monoisotopic (exact) mass is 336 g/mol. The third-order valence-electron chi connectivity index (χ3n) is 3.10. The van der Waals surface area contributed by atoms with E-state index in [4.69, 9.17) is 28.9 Å². The molecule has 112 valence electrons. The lowest BCUT2D eigenvalue weighted by Crippen LogP contribution is -2.36. The smallest absolute Gasteiger partial charge is 0.246 e. The fourth-order valence-corrected chi connectivity index (χ4v) is 4.93. The van der Waals surface area contributed by atoms with Gasteiger partial charge in [0.05, 0.1) is 10.7 Å². The standard InChI is InChI=1S/C13H18Cl2N2O2S/c1-8(2)7-17(10-3-4-10)20(18,19)13-11(15)5-9(14)6-12(13)16/h5-6,8,10H,3-4,7,16H2,1-2H3. The van der Waals surface area contributed by atoms with E-state index in [1.165, 1.54) is 16.4 Å². The van der Waals surface area contributed by atoms with Gasteiger partial charge in [0.25, 0.3) is 0 Å². The van der Waals surface area contributed by atoms with Crippen LogP contribution in [0.4, 0.5) is 5.69 Å². The van der Waals surface area contributed by atoms with E-state index in [1.807, 2.05) is 13.8 Å². The number of halogens is 2. The molecule has 0 radical (unpaired) electrons. The maximum atomic E-state index is 12.8. The second kappa shape index (κ2) is 5.72. The number of hydrogen-bond donors (Lipinski definition) is 1. The van der Waals surface area contributed by atoms with Crippen molar-refractivity contribution in [2.75, 3.05) is 12.3 Å². The lowest BCUT2D eigenvalue weighted by atomic mass is 10.2. The van der Waals surface area contributed by atoms with Crippen molar-refractivity contribution >= 4 is 38.9 Å². The molecule has 0 heterocycles. The highest BCUT2D eigenvalue weighted by molar-refractivity contribution is 7.89. The Morgan fingerprint density at radius 3 is 2.40 bits per heavy atom. The van der Waals surface area contributed by atoms with E-state index in [9.17, 15) is 8.42 Å². The molecule has 0 atom stereocenters. The highest BCUT2D eigenvalue weighted by Gasteiger charge is 2.40. The van der Waals surface area contributed by atoms with Crippen LogP contribution in [0.1, 0.15) is 26.7 Å². The summed E-state index contributed by atoms with van der Waals surface area (Å²) in [6.45, 7) is 4.43. The van der Waals surface area contributed by atoms with Crippen LogP contribution in [0.25, 0.3) is 0 Å². The Morgan fingerprint density at radius 1 is 1.35 bits per heavy atom. The summed E-state index contributed by atoms with van der Waals surface area (Å²) in [7, 11) is -3.69. The van der Waals surface area contributed by atoms with E-state index in [0.717, 1.165) is 12.8 Å². The molecule has 1 aromatic carbocycles. The summed E-state index contributed by atoms with van der Waals surface area (Å²) < 4.78 is 27.2. The zero-order valence-electron chi connectivity index (χ0n) is 11.4. The molecule has 1 aliphatic rings. The highest BCUT2D eigenvalue weighted by Crippen LogP contribution is 2.38. The zero-order valence-corrected chi connectivity index (χ0v) is 13.8. The van der Waals surface area contributed by atoms with Crippen molar-refractivity contribution in [3.8, 4) is 0 Å². The van der Waals surface area contributed by atoms with Gasteiger partial charge in [-0.2, -0.15) is 4.31 Å². The number of benzene rings is 1. The molecule has 1 saturated carbocycles. The summed E-state index contributed by atoms with van der Waals surface area (Å²) >= 11 is 11.9. The van der Waals surface area contributed by atoms with E-state index in [-0.39, 0.29) is 27.6 Å². The predicted molar refractivity (Wildman–Crippen MR) is 82.6 cm³/mol. The summed E-state index contributed by atoms with van der Waals surface area (Å²) in [5.74, 6) is 0.234. The quantitative estimate of drug-likeness (QED) is 0.838. The van der Waals surface area contributed by atoms with Crippen LogP contribution < -0.4 is 5.73 Å². The fraction of sp³-hybridized carbons (Fsp3) is 0.538. The van der Waals surface area contributed by atoms with Gasteiger partial charge in [-0.3, -0.25) is 0 Å². The van der Waals surface area contributed by atoms with Gasteiger partial charge in [0.2, 0.25) is 10.0 Å². The average molecular weight is 337 g/mol. The molecule has 4 nitrogen and oxygen atoms in total. The van der Waals surface area contributed by atoms with Crippen LogP contribution in [0.15, 0.2) is 17.0 Å². The molecule has 0 unspecified atom stereocenters. The third kappa shape index (κ3) is 3.22. The molecule has 20 heavy (non-hydrogen) atoms. The van der Waals surface area contributed by atoms with Crippen molar-refractivity contribution in [2.45, 2.75) is 37.6 Å². The minimum absolute atomic E-state index is 0.0314. The van der Waals surface area contributed by atoms with Crippen LogP contribution in [0.5, 0.6) is 0 Å². The second-order valence-corrected chi connectivity index (χ2v) is 8.18. The van der Waals surface area contributed by atoms with Gasteiger partial charge in [0, 0.05) is 17.6 Å². The van der Waals surface area contributed by atoms with E-state index >= 15 is 0 Å². The van der Waals surface area contributed by atoms with Crippen LogP contribution in [-0.4, -0.2) is 25.3 Å². The van der Waals surface area contributed by atoms with E-state index < -0.39 is 10.0 Å². The normalized spacial score (nSPS) is 16.1. The van der Waals surface area contributed by atoms with Gasteiger partial charge in [0.15, 0.2) is 0 Å². The Bertz CT molecular complexity index is 590. The molecular weight excluding hydrogens is 319 g/mol. The van der Waals surface area contributed by atoms with E-state index in [1.54, 1.807) is 0 Å². The van der Waals surface area contributed by atoms with Gasteiger partial charge in [0.1, 0.15) is 4.90 Å². The third-order valence-corrected chi connectivity index (χ3v) is 5.77. The maximum absolute atomic E-state index is 12.8. The molecule has 0 aliphatic heterocycles. The molecule has 1 aliphatic carbocycles. The summed E-state index contributed by atoms with van der Waals surface area (Å²) in [6.07, 6.45) is 1.77. The number of sulfonamides is 1. The van der Waals surface area contributed by atoms with E-state index in [0.29, 0.717) is 11.6 Å². The summed E-state index contributed by atoms with van der Waals surface area (Å²) in [4.78, 5) is -0.0314. The molecule has 2 rings (SSSR count). The fourth-order valence-electron chi connectivity index (χ4n) is 2.14. The van der Waals surface area contributed by atoms with Crippen molar-refractivity contribution in [2.24, 2.45) is 5.92 Å². The minimum atomic E-state index is -3.69. The van der Waals surface area contributed by atoms with Crippen LogP contribution >= 0.6 is 23.2 Å². The number of anilines is 1. The van der Waals surface area contributed by atoms with Gasteiger partial charge >= 0.3 is 0 Å². The number of nitrogens with two attached hydrogens (primary N) is 1. The van der Waals surface area contributed by atoms with Crippen LogP contribution in [0.2, 0.25) is 10.0 Å². The van der Waals surface area contributed by atoms with Gasteiger partial charge < -0.3 is 5.73 Å². The second-order valence-electron chi connectivity index (χ2n) is 5.51. The Kier molecular flexibility index (Phi) is 4.54. The summed E-state index contributed by atoms with van der Waals surface area (Å²) in [6, 6.07) is 2.89. The Morgan fingerprint density at radius 2 is 1.95 bits per heavy atom. The Balaban J connectivity index is 2.48. The topological polar surface area (TPSA) is 63.4 Å². The van der Waals surface area contributed by atoms with Crippen molar-refractivity contribution in [1.29, 1.82) is 0 Å². The molecule has 0 saturated heterocycles. The lowest BCUT2D eigenvalue weighted by Gasteiger charge is -2.25. The molecule has 0 bridgehead atoms. The number of rotatable bonds is 5. The first-order valence-corrected chi connectivity index (χ1v) is 8.69. The van der Waals surface area contributed by atoms with Crippen molar-refractivity contribution in [1.82, 2.24) is 4.31 Å². The molecule has 1 fully saturated rings. The molecule has 0 aromatic heterocycles. The van der Waals surface area contributed by atoms with E-state index in [2.05, 4.69) is 0 Å². The van der Waals surface area contributed by atoms with Crippen LogP contribution in [-0.2, 0) is 10.0 Å². The molecule has 0 spiro atoms. The van der Waals surface area contributed by atoms with Crippen LogP contribution in [0, 0.1) is 5.92 Å². The van der Waals surface area contributed by atoms with Gasteiger partial charge in [-0.05, 0) is 30.9 Å². The SMILES string of the molecule is CC(C)CN(C1CC1)S(=O)(=O)c1c(N)cc(Cl)cc1Cl. The Labute approximate surface area is 129 Å². The van der Waals surface area contributed by atoms with Gasteiger partial charge in [-0.15, -0.1) is 0 Å². The first-order chi connectivity index (χ1) is 9.23. The number of hydrogen-bond acceptors (Lipinski definition) is 3.